The molecule has 3 amide bonds. The third-order valence-corrected chi connectivity index (χ3v) is 10.8. The molecule has 0 bridgehead atoms. The minimum atomic E-state index is -0.649. The lowest BCUT2D eigenvalue weighted by Crippen LogP contribution is -2.57. The van der Waals surface area contributed by atoms with E-state index in [1.807, 2.05) is 40.1 Å². The summed E-state index contributed by atoms with van der Waals surface area (Å²) < 4.78 is 1.54. The third-order valence-electron chi connectivity index (χ3n) is 9.52. The van der Waals surface area contributed by atoms with E-state index in [0.717, 1.165) is 77.5 Å². The van der Waals surface area contributed by atoms with Crippen molar-refractivity contribution >= 4 is 55.2 Å². The predicted octanol–water partition coefficient (Wildman–Crippen LogP) is 4.77. The number of likely N-dealkylation sites (tertiary alicyclic amines) is 3. The van der Waals surface area contributed by atoms with Gasteiger partial charge in [0.2, 0.25) is 5.91 Å². The molecule has 0 aliphatic carbocycles. The van der Waals surface area contributed by atoms with Crippen molar-refractivity contribution in [3.63, 3.8) is 0 Å². The summed E-state index contributed by atoms with van der Waals surface area (Å²) in [5.74, 6) is -0.00347. The third kappa shape index (κ3) is 8.68. The van der Waals surface area contributed by atoms with E-state index < -0.39 is 6.04 Å². The first-order valence-electron chi connectivity index (χ1n) is 16.2. The quantitative estimate of drug-likeness (QED) is 0.276. The number of urea groups is 1. The van der Waals surface area contributed by atoms with Crippen LogP contribution in [-0.2, 0) is 17.6 Å². The fraction of sp³-hybridized carbons (Fsp3) is 0.576. The maximum atomic E-state index is 14.0. The number of anilines is 2. The lowest BCUT2D eigenvalue weighted by atomic mass is 9.98. The van der Waals surface area contributed by atoms with Crippen molar-refractivity contribution in [3.8, 4) is 0 Å². The van der Waals surface area contributed by atoms with Crippen LogP contribution in [0.2, 0.25) is 0 Å². The molecule has 0 unspecified atom stereocenters. The minimum Gasteiger partial charge on any atom is -0.399 e. The number of carbonyl (C=O) groups excluding carboxylic acids is 2. The monoisotopic (exact) mass is 731 g/mol. The van der Waals surface area contributed by atoms with Crippen molar-refractivity contribution in [3.05, 3.63) is 56.5 Å². The molecule has 0 aromatic heterocycles. The molecule has 3 aliphatic rings. The highest BCUT2D eigenvalue weighted by Gasteiger charge is 2.33. The number of carbonyl (C=O) groups is 2. The Morgan fingerprint density at radius 2 is 1.50 bits per heavy atom. The number of nitrogens with zero attached hydrogens (tertiary/aromatic N) is 3. The largest absolute Gasteiger partial charge is 0.399 e. The SMILES string of the molecule is Nc1ccccc1CCNC1CCN(C(=O)N[C@H](Cc2cc(Br)c(N)c(Br)c2)C(=O)N2CCC(N3CCCCC3)CC2)CC1. The summed E-state index contributed by atoms with van der Waals surface area (Å²) in [6.45, 7) is 5.96. The number of hydrogen-bond donors (Lipinski definition) is 4. The van der Waals surface area contributed by atoms with Crippen LogP contribution in [-0.4, -0.2) is 90.6 Å². The van der Waals surface area contributed by atoms with Gasteiger partial charge < -0.3 is 36.8 Å². The number of hydrogen-bond acceptors (Lipinski definition) is 6. The summed E-state index contributed by atoms with van der Waals surface area (Å²) in [6.07, 6.45) is 8.87. The number of amides is 3. The summed E-state index contributed by atoms with van der Waals surface area (Å²) in [4.78, 5) is 33.9. The van der Waals surface area contributed by atoms with Crippen molar-refractivity contribution in [2.75, 3.05) is 57.3 Å². The number of benzene rings is 2. The average molecular weight is 734 g/mol. The zero-order valence-corrected chi connectivity index (χ0v) is 28.8. The summed E-state index contributed by atoms with van der Waals surface area (Å²) in [5, 5.41) is 6.77. The standard InChI is InChI=1S/C33H47Br2N7O2/c34-27-20-23(21-28(35)31(27)37)22-30(32(43)41-18-11-26(12-19-41)40-14-4-1-5-15-40)39-33(44)42-16-9-25(10-17-42)38-13-8-24-6-2-3-7-29(24)36/h2-3,6-7,20-21,25-26,30,38H,1,4-5,8-19,22,36-37H2,(H,39,44)/t30-/m1/s1. The molecular weight excluding hydrogens is 686 g/mol. The van der Waals surface area contributed by atoms with Crippen molar-refractivity contribution in [1.29, 1.82) is 0 Å². The molecule has 240 valence electrons. The van der Waals surface area contributed by atoms with Crippen LogP contribution in [0.1, 0.15) is 56.1 Å². The molecule has 3 fully saturated rings. The number of nitrogens with two attached hydrogens (primary N) is 2. The first-order chi connectivity index (χ1) is 21.3. The van der Waals surface area contributed by atoms with E-state index in [1.165, 1.54) is 32.4 Å². The summed E-state index contributed by atoms with van der Waals surface area (Å²) in [5.41, 5.74) is 15.7. The average Bonchev–Trinajstić information content (AvgIpc) is 3.04. The van der Waals surface area contributed by atoms with Crippen molar-refractivity contribution in [1.82, 2.24) is 25.3 Å². The van der Waals surface area contributed by atoms with Crippen LogP contribution in [0.5, 0.6) is 0 Å². The van der Waals surface area contributed by atoms with Gasteiger partial charge in [0.05, 0.1) is 5.69 Å². The zero-order chi connectivity index (χ0) is 31.1. The molecule has 11 heteroatoms. The molecule has 1 atom stereocenters. The number of piperidine rings is 3. The van der Waals surface area contributed by atoms with Gasteiger partial charge in [0.1, 0.15) is 6.04 Å². The Balaban J connectivity index is 1.17. The highest BCUT2D eigenvalue weighted by atomic mass is 79.9. The molecule has 0 saturated carbocycles. The molecule has 2 aromatic rings. The Hall–Kier alpha value is -2.34. The van der Waals surface area contributed by atoms with E-state index in [-0.39, 0.29) is 11.9 Å². The highest BCUT2D eigenvalue weighted by molar-refractivity contribution is 9.11. The van der Waals surface area contributed by atoms with Gasteiger partial charge in [0.25, 0.3) is 0 Å². The summed E-state index contributed by atoms with van der Waals surface area (Å²) in [7, 11) is 0. The number of nitrogen functional groups attached to an aromatic ring is 2. The van der Waals surface area contributed by atoms with Gasteiger partial charge in [0.15, 0.2) is 0 Å². The molecule has 0 radical (unpaired) electrons. The fourth-order valence-corrected chi connectivity index (χ4v) is 8.13. The maximum absolute atomic E-state index is 14.0. The molecule has 3 aliphatic heterocycles. The van der Waals surface area contributed by atoms with Crippen LogP contribution in [0.4, 0.5) is 16.2 Å². The smallest absolute Gasteiger partial charge is 0.318 e. The van der Waals surface area contributed by atoms with Crippen LogP contribution in [0.3, 0.4) is 0 Å². The van der Waals surface area contributed by atoms with Gasteiger partial charge in [-0.15, -0.1) is 0 Å². The van der Waals surface area contributed by atoms with E-state index in [2.05, 4.69) is 53.5 Å². The number of para-hydroxylation sites is 1. The second-order valence-corrected chi connectivity index (χ2v) is 14.2. The van der Waals surface area contributed by atoms with Crippen LogP contribution in [0, 0.1) is 0 Å². The molecule has 2 aromatic carbocycles. The van der Waals surface area contributed by atoms with Crippen LogP contribution < -0.4 is 22.1 Å². The van der Waals surface area contributed by atoms with Crippen LogP contribution in [0.15, 0.2) is 45.3 Å². The Morgan fingerprint density at radius 1 is 0.864 bits per heavy atom. The second kappa shape index (κ2) is 15.8. The van der Waals surface area contributed by atoms with Crippen LogP contribution in [0.25, 0.3) is 0 Å². The summed E-state index contributed by atoms with van der Waals surface area (Å²) in [6, 6.07) is 11.9. The lowest BCUT2D eigenvalue weighted by molar-refractivity contribution is -0.134. The Morgan fingerprint density at radius 3 is 2.16 bits per heavy atom. The molecular formula is C33H47Br2N7O2. The van der Waals surface area contributed by atoms with Crippen molar-refractivity contribution in [2.24, 2.45) is 0 Å². The molecule has 3 heterocycles. The van der Waals surface area contributed by atoms with Gasteiger partial charge >= 0.3 is 6.03 Å². The van der Waals surface area contributed by atoms with Gasteiger partial charge in [-0.25, -0.2) is 4.79 Å². The van der Waals surface area contributed by atoms with E-state index in [4.69, 9.17) is 11.5 Å². The second-order valence-electron chi connectivity index (χ2n) is 12.5. The van der Waals surface area contributed by atoms with E-state index in [9.17, 15) is 9.59 Å². The minimum absolute atomic E-state index is 0.00347. The van der Waals surface area contributed by atoms with Gasteiger partial charge in [0, 0.05) is 59.3 Å². The summed E-state index contributed by atoms with van der Waals surface area (Å²) >= 11 is 7.07. The Bertz CT molecular complexity index is 1250. The molecule has 3 saturated heterocycles. The van der Waals surface area contributed by atoms with E-state index in [0.29, 0.717) is 37.3 Å². The Kier molecular flexibility index (Phi) is 11.8. The molecule has 6 N–H and O–H groups in total. The molecule has 9 nitrogen and oxygen atoms in total. The van der Waals surface area contributed by atoms with E-state index in [1.54, 1.807) is 0 Å². The molecule has 44 heavy (non-hydrogen) atoms. The normalized spacial score (nSPS) is 19.6. The van der Waals surface area contributed by atoms with Gasteiger partial charge in [-0.05, 0) is 126 Å². The molecule has 5 rings (SSSR count). The first kappa shape index (κ1) is 33.0. The topological polar surface area (TPSA) is 120 Å². The van der Waals surface area contributed by atoms with Gasteiger partial charge in [-0.1, -0.05) is 24.6 Å². The number of nitrogens with one attached hydrogen (secondary N) is 2. The van der Waals surface area contributed by atoms with Gasteiger partial charge in [-0.3, -0.25) is 4.79 Å². The van der Waals surface area contributed by atoms with Crippen molar-refractivity contribution in [2.45, 2.75) is 75.9 Å². The molecule has 0 spiro atoms. The fourth-order valence-electron chi connectivity index (χ4n) is 6.85. The maximum Gasteiger partial charge on any atom is 0.318 e. The predicted molar refractivity (Wildman–Crippen MR) is 184 cm³/mol. The Labute approximate surface area is 278 Å². The number of halogens is 2. The zero-order valence-electron chi connectivity index (χ0n) is 25.6. The van der Waals surface area contributed by atoms with Crippen molar-refractivity contribution < 1.29 is 9.59 Å². The number of rotatable bonds is 9. The van der Waals surface area contributed by atoms with Gasteiger partial charge in [-0.2, -0.15) is 0 Å². The first-order valence-corrected chi connectivity index (χ1v) is 17.8. The lowest BCUT2D eigenvalue weighted by Gasteiger charge is -2.41. The highest BCUT2D eigenvalue weighted by Crippen LogP contribution is 2.30. The van der Waals surface area contributed by atoms with Crippen LogP contribution >= 0.6 is 31.9 Å². The van der Waals surface area contributed by atoms with E-state index >= 15 is 0 Å².